The van der Waals surface area contributed by atoms with Crippen LogP contribution in [0.5, 0.6) is 0 Å². The number of alkyl halides is 3. The summed E-state index contributed by atoms with van der Waals surface area (Å²) in [5.41, 5.74) is 0.275. The summed E-state index contributed by atoms with van der Waals surface area (Å²) < 4.78 is 38.8. The number of rotatable bonds is 4. The Morgan fingerprint density at radius 1 is 0.969 bits per heavy atom. The number of pyridine rings is 1. The molecule has 0 unspecified atom stereocenters. The van der Waals surface area contributed by atoms with Gasteiger partial charge in [-0.15, -0.1) is 0 Å². The molecule has 166 valence electrons. The van der Waals surface area contributed by atoms with Crippen molar-refractivity contribution in [1.29, 1.82) is 0 Å². The van der Waals surface area contributed by atoms with Crippen LogP contribution < -0.4 is 10.2 Å². The highest BCUT2D eigenvalue weighted by molar-refractivity contribution is 5.94. The summed E-state index contributed by atoms with van der Waals surface area (Å²) in [6, 6.07) is 10.1. The van der Waals surface area contributed by atoms with Crippen LogP contribution in [-0.2, 0) is 6.18 Å². The Kier molecular flexibility index (Phi) is 5.93. The molecule has 3 heterocycles. The average molecular weight is 442 g/mol. The van der Waals surface area contributed by atoms with Crippen LogP contribution >= 0.6 is 0 Å². The van der Waals surface area contributed by atoms with E-state index in [1.54, 1.807) is 17.2 Å². The summed E-state index contributed by atoms with van der Waals surface area (Å²) in [5.74, 6) is 1.55. The van der Waals surface area contributed by atoms with Crippen molar-refractivity contribution in [1.82, 2.24) is 19.9 Å². The van der Waals surface area contributed by atoms with Crippen molar-refractivity contribution < 1.29 is 18.0 Å². The summed E-state index contributed by atoms with van der Waals surface area (Å²) in [6.45, 7) is 3.73. The molecular weight excluding hydrogens is 421 g/mol. The minimum absolute atomic E-state index is 0.0347. The van der Waals surface area contributed by atoms with Crippen molar-refractivity contribution in [2.24, 2.45) is 0 Å². The molecule has 0 saturated carbocycles. The second kappa shape index (κ2) is 8.81. The van der Waals surface area contributed by atoms with Crippen molar-refractivity contribution >= 4 is 23.4 Å². The van der Waals surface area contributed by atoms with Gasteiger partial charge in [0.2, 0.25) is 0 Å². The summed E-state index contributed by atoms with van der Waals surface area (Å²) in [7, 11) is 0. The van der Waals surface area contributed by atoms with Crippen molar-refractivity contribution in [2.45, 2.75) is 13.1 Å². The lowest BCUT2D eigenvalue weighted by Gasteiger charge is -2.35. The van der Waals surface area contributed by atoms with Gasteiger partial charge in [-0.05, 0) is 42.8 Å². The number of hydrogen-bond donors (Lipinski definition) is 1. The molecule has 10 heteroatoms. The number of piperazine rings is 1. The fraction of sp³-hybridized carbons (Fsp3) is 0.273. The van der Waals surface area contributed by atoms with Crippen LogP contribution in [0.2, 0.25) is 0 Å². The predicted octanol–water partition coefficient (Wildman–Crippen LogP) is 3.90. The molecule has 0 atom stereocenters. The maximum atomic E-state index is 12.9. The third-order valence-corrected chi connectivity index (χ3v) is 5.15. The monoisotopic (exact) mass is 442 g/mol. The van der Waals surface area contributed by atoms with E-state index in [0.29, 0.717) is 43.6 Å². The van der Waals surface area contributed by atoms with Gasteiger partial charge < -0.3 is 15.1 Å². The fourth-order valence-corrected chi connectivity index (χ4v) is 3.47. The van der Waals surface area contributed by atoms with Crippen molar-refractivity contribution in [3.05, 3.63) is 71.7 Å². The highest BCUT2D eigenvalue weighted by atomic mass is 19.4. The van der Waals surface area contributed by atoms with E-state index < -0.39 is 17.6 Å². The number of amides is 1. The maximum absolute atomic E-state index is 12.9. The van der Waals surface area contributed by atoms with Crippen LogP contribution in [0.1, 0.15) is 21.5 Å². The van der Waals surface area contributed by atoms with E-state index in [1.165, 1.54) is 18.5 Å². The van der Waals surface area contributed by atoms with E-state index in [1.807, 2.05) is 24.0 Å². The molecule has 7 nitrogen and oxygen atoms in total. The smallest absolute Gasteiger partial charge is 0.353 e. The summed E-state index contributed by atoms with van der Waals surface area (Å²) in [6.07, 6.45) is -1.32. The molecule has 2 aromatic heterocycles. The summed E-state index contributed by atoms with van der Waals surface area (Å²) in [5, 5.41) is 3.14. The molecule has 1 amide bonds. The number of benzene rings is 1. The minimum Gasteiger partial charge on any atom is -0.353 e. The quantitative estimate of drug-likeness (QED) is 0.661. The molecule has 1 saturated heterocycles. The van der Waals surface area contributed by atoms with Gasteiger partial charge in [0, 0.05) is 44.0 Å². The molecule has 0 spiro atoms. The Hall–Kier alpha value is -3.69. The van der Waals surface area contributed by atoms with E-state index in [2.05, 4.69) is 20.3 Å². The lowest BCUT2D eigenvalue weighted by molar-refractivity contribution is -0.137. The van der Waals surface area contributed by atoms with Crippen LogP contribution in [0.4, 0.5) is 30.6 Å². The maximum Gasteiger partial charge on any atom is 0.416 e. The molecule has 0 radical (unpaired) electrons. The first-order valence-corrected chi connectivity index (χ1v) is 10.0. The van der Waals surface area contributed by atoms with Gasteiger partial charge in [0.25, 0.3) is 5.91 Å². The molecule has 1 N–H and O–H groups in total. The van der Waals surface area contributed by atoms with Gasteiger partial charge in [-0.25, -0.2) is 15.0 Å². The Bertz CT molecular complexity index is 1110. The molecule has 1 fully saturated rings. The Morgan fingerprint density at radius 2 is 1.72 bits per heavy atom. The van der Waals surface area contributed by atoms with Gasteiger partial charge in [-0.1, -0.05) is 6.07 Å². The highest BCUT2D eigenvalue weighted by Crippen LogP contribution is 2.30. The molecule has 1 aromatic carbocycles. The second-order valence-corrected chi connectivity index (χ2v) is 7.46. The Balaban J connectivity index is 1.40. The molecule has 1 aliphatic heterocycles. The number of carbonyl (C=O) groups is 1. The van der Waals surface area contributed by atoms with Crippen LogP contribution in [0, 0.1) is 6.92 Å². The van der Waals surface area contributed by atoms with Gasteiger partial charge in [-0.2, -0.15) is 13.2 Å². The first-order chi connectivity index (χ1) is 15.3. The van der Waals surface area contributed by atoms with E-state index in [9.17, 15) is 18.0 Å². The second-order valence-electron chi connectivity index (χ2n) is 7.46. The molecular formula is C22H21F3N6O. The first kappa shape index (κ1) is 21.5. The zero-order valence-corrected chi connectivity index (χ0v) is 17.3. The van der Waals surface area contributed by atoms with Crippen molar-refractivity contribution in [3.8, 4) is 0 Å². The number of aryl methyl sites for hydroxylation is 1. The van der Waals surface area contributed by atoms with Gasteiger partial charge in [0.15, 0.2) is 0 Å². The van der Waals surface area contributed by atoms with Crippen molar-refractivity contribution in [2.75, 3.05) is 36.4 Å². The van der Waals surface area contributed by atoms with Gasteiger partial charge >= 0.3 is 6.18 Å². The van der Waals surface area contributed by atoms with Gasteiger partial charge in [0.1, 0.15) is 23.8 Å². The third kappa shape index (κ3) is 4.96. The van der Waals surface area contributed by atoms with E-state index >= 15 is 0 Å². The Morgan fingerprint density at radius 3 is 2.44 bits per heavy atom. The Labute approximate surface area is 182 Å². The van der Waals surface area contributed by atoms with E-state index in [0.717, 1.165) is 17.7 Å². The number of halogens is 3. The molecule has 4 rings (SSSR count). The van der Waals surface area contributed by atoms with Crippen LogP contribution in [0.3, 0.4) is 0 Å². The third-order valence-electron chi connectivity index (χ3n) is 5.15. The zero-order valence-electron chi connectivity index (χ0n) is 17.3. The van der Waals surface area contributed by atoms with Crippen molar-refractivity contribution in [3.63, 3.8) is 0 Å². The normalized spacial score (nSPS) is 14.4. The number of nitrogens with one attached hydrogen (secondary N) is 1. The molecule has 3 aromatic rings. The number of nitrogens with zero attached hydrogens (tertiary/aromatic N) is 5. The first-order valence-electron chi connectivity index (χ1n) is 10.0. The summed E-state index contributed by atoms with van der Waals surface area (Å²) >= 11 is 0. The topological polar surface area (TPSA) is 74.2 Å². The van der Waals surface area contributed by atoms with Gasteiger partial charge in [-0.3, -0.25) is 4.79 Å². The number of aromatic nitrogens is 3. The fourth-order valence-electron chi connectivity index (χ4n) is 3.47. The largest absolute Gasteiger partial charge is 0.416 e. The number of anilines is 3. The molecule has 1 aliphatic rings. The molecule has 32 heavy (non-hydrogen) atoms. The lowest BCUT2D eigenvalue weighted by atomic mass is 10.1. The van der Waals surface area contributed by atoms with Crippen LogP contribution in [0.15, 0.2) is 55.0 Å². The lowest BCUT2D eigenvalue weighted by Crippen LogP contribution is -2.49. The molecule has 0 aliphatic carbocycles. The molecule has 0 bridgehead atoms. The SMILES string of the molecule is Cc1ccnc(Nc2cc(N3CCN(C(=O)c4cccc(C(F)(F)F)c4)CC3)ncn2)c1. The highest BCUT2D eigenvalue weighted by Gasteiger charge is 2.31. The number of hydrogen-bond acceptors (Lipinski definition) is 6. The van der Waals surface area contributed by atoms with Gasteiger partial charge in [0.05, 0.1) is 5.56 Å². The zero-order chi connectivity index (χ0) is 22.7. The van der Waals surface area contributed by atoms with E-state index in [-0.39, 0.29) is 5.56 Å². The van der Waals surface area contributed by atoms with E-state index in [4.69, 9.17) is 0 Å². The predicted molar refractivity (Wildman–Crippen MR) is 114 cm³/mol. The summed E-state index contributed by atoms with van der Waals surface area (Å²) in [4.78, 5) is 29.1. The van der Waals surface area contributed by atoms with Crippen LogP contribution in [-0.4, -0.2) is 51.9 Å². The van der Waals surface area contributed by atoms with Crippen LogP contribution in [0.25, 0.3) is 0 Å². The number of carbonyl (C=O) groups excluding carboxylic acids is 1. The minimum atomic E-state index is -4.48. The average Bonchev–Trinajstić information content (AvgIpc) is 2.78. The standard InChI is InChI=1S/C22H21F3N6O/c1-15-5-6-26-18(11-15)29-19-13-20(28-14-27-19)30-7-9-31(10-8-30)21(32)16-3-2-4-17(12-16)22(23,24)25/h2-6,11-14H,7-10H2,1H3,(H,26,27,28,29).